The maximum absolute atomic E-state index is 13.9. The lowest BCUT2D eigenvalue weighted by molar-refractivity contribution is -0.180. The molecule has 0 aliphatic carbocycles. The van der Waals surface area contributed by atoms with Crippen LogP contribution in [0.2, 0.25) is 0 Å². The summed E-state index contributed by atoms with van der Waals surface area (Å²) in [4.78, 5) is 35.3. The molecule has 1 aliphatic heterocycles. The zero-order chi connectivity index (χ0) is 28.1. The number of nitrogens with zero attached hydrogens (tertiary/aromatic N) is 5. The lowest BCUT2D eigenvalue weighted by Crippen LogP contribution is -2.35. The molecule has 1 saturated heterocycles. The second kappa shape index (κ2) is 11.9. The molecule has 1 fully saturated rings. The van der Waals surface area contributed by atoms with E-state index < -0.39 is 6.11 Å². The fourth-order valence-electron chi connectivity index (χ4n) is 4.82. The quantitative estimate of drug-likeness (QED) is 0.239. The molecule has 1 aromatic carbocycles. The zero-order valence-electron chi connectivity index (χ0n) is 22.6. The van der Waals surface area contributed by atoms with Crippen LogP contribution < -0.4 is 9.64 Å². The summed E-state index contributed by atoms with van der Waals surface area (Å²) in [6.07, 6.45) is 4.23. The fourth-order valence-corrected chi connectivity index (χ4v) is 4.82. The third-order valence-corrected chi connectivity index (χ3v) is 6.89. The standard InChI is InChI=1S/C29H32F2N6O3/c1-3-11-29(30,31)40-22-6-8-24-25(15-22)36-27(35-24)20-5-7-23(32-16-20)21-17-33-28(34-18-21)37-12-9-19(10-13-37)14-26(38)39-4-2/h5-8,15-19H,3-4,9-14H2,1-2H3,(H,35,36). The van der Waals surface area contributed by atoms with Crippen LogP contribution in [0.1, 0.15) is 46.0 Å². The summed E-state index contributed by atoms with van der Waals surface area (Å²) < 4.78 is 37.7. The minimum absolute atomic E-state index is 0.0825. The molecule has 9 nitrogen and oxygen atoms in total. The predicted molar refractivity (Wildman–Crippen MR) is 147 cm³/mol. The average molecular weight is 551 g/mol. The number of hydrogen-bond donors (Lipinski definition) is 1. The number of imidazole rings is 1. The molecule has 4 aromatic rings. The van der Waals surface area contributed by atoms with Crippen molar-refractivity contribution in [1.29, 1.82) is 0 Å². The molecule has 0 saturated carbocycles. The average Bonchev–Trinajstić information content (AvgIpc) is 3.37. The number of H-pyrrole nitrogens is 1. The van der Waals surface area contributed by atoms with Gasteiger partial charge in [0.1, 0.15) is 11.6 Å². The highest BCUT2D eigenvalue weighted by atomic mass is 19.3. The lowest BCUT2D eigenvalue weighted by atomic mass is 9.94. The van der Waals surface area contributed by atoms with Crippen molar-refractivity contribution >= 4 is 23.0 Å². The highest BCUT2D eigenvalue weighted by molar-refractivity contribution is 5.80. The summed E-state index contributed by atoms with van der Waals surface area (Å²) in [5, 5.41) is 0. The first-order valence-corrected chi connectivity index (χ1v) is 13.6. The Morgan fingerprint density at radius 3 is 2.48 bits per heavy atom. The van der Waals surface area contributed by atoms with Gasteiger partial charge in [-0.1, -0.05) is 6.92 Å². The van der Waals surface area contributed by atoms with E-state index in [1.54, 1.807) is 31.6 Å². The Kier molecular flexibility index (Phi) is 8.18. The number of nitrogens with one attached hydrogen (secondary N) is 1. The molecule has 210 valence electrons. The van der Waals surface area contributed by atoms with Crippen LogP contribution in [0.15, 0.2) is 48.9 Å². The summed E-state index contributed by atoms with van der Waals surface area (Å²) in [6, 6.07) is 8.42. The van der Waals surface area contributed by atoms with Gasteiger partial charge in [-0.3, -0.25) is 9.78 Å². The third kappa shape index (κ3) is 6.52. The van der Waals surface area contributed by atoms with Gasteiger partial charge in [0.2, 0.25) is 5.95 Å². The molecule has 5 rings (SSSR count). The molecular formula is C29H32F2N6O3. The van der Waals surface area contributed by atoms with Crippen molar-refractivity contribution in [3.05, 3.63) is 48.9 Å². The van der Waals surface area contributed by atoms with Crippen molar-refractivity contribution in [2.75, 3.05) is 24.6 Å². The Labute approximate surface area is 231 Å². The van der Waals surface area contributed by atoms with Crippen molar-refractivity contribution in [2.24, 2.45) is 5.92 Å². The van der Waals surface area contributed by atoms with Gasteiger partial charge in [0.15, 0.2) is 0 Å². The van der Waals surface area contributed by atoms with Gasteiger partial charge in [0.25, 0.3) is 0 Å². The van der Waals surface area contributed by atoms with E-state index >= 15 is 0 Å². The molecule has 1 N–H and O–H groups in total. The normalized spacial score (nSPS) is 14.4. The molecule has 0 spiro atoms. The summed E-state index contributed by atoms with van der Waals surface area (Å²) in [6.45, 7) is 5.51. The smallest absolute Gasteiger partial charge is 0.397 e. The molecule has 0 amide bonds. The van der Waals surface area contributed by atoms with E-state index in [1.807, 2.05) is 19.1 Å². The molecule has 0 atom stereocenters. The van der Waals surface area contributed by atoms with Crippen LogP contribution >= 0.6 is 0 Å². The van der Waals surface area contributed by atoms with Crippen LogP contribution in [0, 0.1) is 5.92 Å². The van der Waals surface area contributed by atoms with E-state index in [0.717, 1.165) is 37.1 Å². The number of pyridine rings is 1. The number of piperidine rings is 1. The van der Waals surface area contributed by atoms with Gasteiger partial charge in [-0.15, -0.1) is 0 Å². The second-order valence-electron chi connectivity index (χ2n) is 9.90. The Morgan fingerprint density at radius 2 is 1.80 bits per heavy atom. The number of hydrogen-bond acceptors (Lipinski definition) is 8. The summed E-state index contributed by atoms with van der Waals surface area (Å²) in [7, 11) is 0. The Balaban J connectivity index is 1.22. The number of alkyl halides is 2. The third-order valence-electron chi connectivity index (χ3n) is 6.89. The van der Waals surface area contributed by atoms with Crippen molar-refractivity contribution < 1.29 is 23.0 Å². The van der Waals surface area contributed by atoms with Crippen molar-refractivity contribution in [3.8, 4) is 28.4 Å². The first kappa shape index (κ1) is 27.4. The number of aromatic nitrogens is 5. The minimum atomic E-state index is -3.21. The monoisotopic (exact) mass is 550 g/mol. The molecule has 4 heterocycles. The van der Waals surface area contributed by atoms with Crippen molar-refractivity contribution in [2.45, 2.75) is 52.1 Å². The number of aromatic amines is 1. The Hall–Kier alpha value is -4.15. The van der Waals surface area contributed by atoms with E-state index in [4.69, 9.17) is 9.47 Å². The van der Waals surface area contributed by atoms with Gasteiger partial charge in [-0.2, -0.15) is 8.78 Å². The molecule has 1 aliphatic rings. The van der Waals surface area contributed by atoms with Crippen LogP contribution in [0.4, 0.5) is 14.7 Å². The summed E-state index contributed by atoms with van der Waals surface area (Å²) in [5.74, 6) is 1.51. The molecule has 11 heteroatoms. The van der Waals surface area contributed by atoms with E-state index in [9.17, 15) is 13.6 Å². The molecule has 3 aromatic heterocycles. The molecular weight excluding hydrogens is 518 g/mol. The van der Waals surface area contributed by atoms with Crippen LogP contribution in [0.25, 0.3) is 33.7 Å². The first-order valence-electron chi connectivity index (χ1n) is 13.6. The number of ether oxygens (including phenoxy) is 2. The number of benzene rings is 1. The Bertz CT molecular complexity index is 1430. The number of carbonyl (C=O) groups excluding carboxylic acids is 1. The highest BCUT2D eigenvalue weighted by Crippen LogP contribution is 2.30. The first-order chi connectivity index (χ1) is 19.3. The number of halogens is 2. The zero-order valence-corrected chi connectivity index (χ0v) is 22.6. The van der Waals surface area contributed by atoms with E-state index in [2.05, 4.69) is 29.8 Å². The van der Waals surface area contributed by atoms with E-state index in [-0.39, 0.29) is 18.1 Å². The van der Waals surface area contributed by atoms with Gasteiger partial charge in [-0.05, 0) is 56.4 Å². The molecule has 40 heavy (non-hydrogen) atoms. The molecule has 0 radical (unpaired) electrons. The topological polar surface area (TPSA) is 106 Å². The number of esters is 1. The Morgan fingerprint density at radius 1 is 1.05 bits per heavy atom. The van der Waals surface area contributed by atoms with Crippen molar-refractivity contribution in [3.63, 3.8) is 0 Å². The molecule has 0 bridgehead atoms. The number of fused-ring (bicyclic) bond motifs is 1. The lowest BCUT2D eigenvalue weighted by Gasteiger charge is -2.31. The summed E-state index contributed by atoms with van der Waals surface area (Å²) >= 11 is 0. The highest BCUT2D eigenvalue weighted by Gasteiger charge is 2.30. The molecule has 0 unspecified atom stereocenters. The van der Waals surface area contributed by atoms with Crippen LogP contribution in [0.5, 0.6) is 5.75 Å². The maximum atomic E-state index is 13.9. The second-order valence-corrected chi connectivity index (χ2v) is 9.90. The number of carbonyl (C=O) groups is 1. The van der Waals surface area contributed by atoms with Crippen LogP contribution in [-0.2, 0) is 9.53 Å². The van der Waals surface area contributed by atoms with Gasteiger partial charge in [0.05, 0.1) is 29.8 Å². The van der Waals surface area contributed by atoms with Gasteiger partial charge >= 0.3 is 12.1 Å². The largest absolute Gasteiger partial charge is 0.466 e. The number of rotatable bonds is 10. The van der Waals surface area contributed by atoms with Gasteiger partial charge in [-0.25, -0.2) is 15.0 Å². The predicted octanol–water partition coefficient (Wildman–Crippen LogP) is 6.02. The fraction of sp³-hybridized carbons (Fsp3) is 0.414. The van der Waals surface area contributed by atoms with Gasteiger partial charge < -0.3 is 19.4 Å². The van der Waals surface area contributed by atoms with Gasteiger partial charge in [0, 0.05) is 55.3 Å². The maximum Gasteiger partial charge on any atom is 0.397 e. The minimum Gasteiger partial charge on any atom is -0.466 e. The number of anilines is 1. The SMILES string of the molecule is CCCC(F)(F)Oc1ccc2nc(-c3ccc(-c4cnc(N5CCC(CC(=O)OCC)CC5)nc4)nc3)[nH]c2c1. The van der Waals surface area contributed by atoms with Crippen LogP contribution in [-0.4, -0.2) is 56.7 Å². The van der Waals surface area contributed by atoms with E-state index in [1.165, 1.54) is 12.1 Å². The van der Waals surface area contributed by atoms with Crippen LogP contribution in [0.3, 0.4) is 0 Å². The van der Waals surface area contributed by atoms with Crippen molar-refractivity contribution in [1.82, 2.24) is 24.9 Å². The van der Waals surface area contributed by atoms with E-state index in [0.29, 0.717) is 53.9 Å². The summed E-state index contributed by atoms with van der Waals surface area (Å²) in [5.41, 5.74) is 3.49.